The van der Waals surface area contributed by atoms with Gasteiger partial charge in [0.05, 0.1) is 7.11 Å². The van der Waals surface area contributed by atoms with Gasteiger partial charge >= 0.3 is 5.63 Å². The first-order valence-corrected chi connectivity index (χ1v) is 4.01. The lowest BCUT2D eigenvalue weighted by Crippen LogP contribution is -1.96. The van der Waals surface area contributed by atoms with E-state index in [0.717, 1.165) is 0 Å². The minimum absolute atomic E-state index is 0.386. The molecule has 14 heavy (non-hydrogen) atoms. The van der Waals surface area contributed by atoms with Gasteiger partial charge < -0.3 is 14.3 Å². The zero-order chi connectivity index (χ0) is 10.1. The van der Waals surface area contributed by atoms with Gasteiger partial charge in [-0.3, -0.25) is 0 Å². The molecule has 1 N–H and O–H groups in total. The summed E-state index contributed by atoms with van der Waals surface area (Å²) in [7, 11) is 1.53. The van der Waals surface area contributed by atoms with Crippen LogP contribution in [0, 0.1) is 0 Å². The molecule has 2 aromatic rings. The molecule has 72 valence electrons. The largest absolute Gasteiger partial charge is 0.502 e. The molecule has 1 heterocycles. The van der Waals surface area contributed by atoms with E-state index in [4.69, 9.17) is 14.3 Å². The average Bonchev–Trinajstić information content (AvgIpc) is 2.19. The van der Waals surface area contributed by atoms with E-state index in [2.05, 4.69) is 0 Å². The highest BCUT2D eigenvalue weighted by molar-refractivity contribution is 5.78. The molecule has 0 aliphatic heterocycles. The van der Waals surface area contributed by atoms with Gasteiger partial charge in [0.2, 0.25) is 5.75 Å². The van der Waals surface area contributed by atoms with Gasteiger partial charge in [-0.05, 0) is 18.2 Å². The van der Waals surface area contributed by atoms with Crippen LogP contribution in [-0.4, -0.2) is 12.2 Å². The van der Waals surface area contributed by atoms with E-state index < -0.39 is 5.63 Å². The Kier molecular flexibility index (Phi) is 1.89. The minimum atomic E-state index is -0.745. The van der Waals surface area contributed by atoms with E-state index in [0.29, 0.717) is 16.7 Å². The maximum atomic E-state index is 11.0. The molecular weight excluding hydrogens is 184 g/mol. The fourth-order valence-corrected chi connectivity index (χ4v) is 1.21. The zero-order valence-electron chi connectivity index (χ0n) is 7.48. The van der Waals surface area contributed by atoms with E-state index in [9.17, 15) is 4.79 Å². The zero-order valence-corrected chi connectivity index (χ0v) is 7.48. The van der Waals surface area contributed by atoms with Crippen molar-refractivity contribution >= 4 is 11.0 Å². The Bertz CT molecular complexity index is 527. The molecule has 4 nitrogen and oxygen atoms in total. The molecule has 0 fully saturated rings. The van der Waals surface area contributed by atoms with Gasteiger partial charge in [-0.2, -0.15) is 0 Å². The van der Waals surface area contributed by atoms with Crippen molar-refractivity contribution in [1.82, 2.24) is 0 Å². The Morgan fingerprint density at radius 1 is 1.36 bits per heavy atom. The second-order valence-corrected chi connectivity index (χ2v) is 2.82. The summed E-state index contributed by atoms with van der Waals surface area (Å²) in [5, 5.41) is 9.76. The van der Waals surface area contributed by atoms with Crippen LogP contribution >= 0.6 is 0 Å². The van der Waals surface area contributed by atoms with Crippen LogP contribution in [0.25, 0.3) is 11.0 Å². The Morgan fingerprint density at radius 3 is 2.86 bits per heavy atom. The number of hydrogen-bond acceptors (Lipinski definition) is 4. The smallest absolute Gasteiger partial charge is 0.378 e. The van der Waals surface area contributed by atoms with Crippen LogP contribution in [0.15, 0.2) is 33.5 Å². The first kappa shape index (κ1) is 8.62. The molecule has 0 spiro atoms. The fraction of sp³-hybridized carbons (Fsp3) is 0.100. The summed E-state index contributed by atoms with van der Waals surface area (Å²) in [4.78, 5) is 11.0. The van der Waals surface area contributed by atoms with Crippen molar-refractivity contribution in [3.8, 4) is 11.5 Å². The van der Waals surface area contributed by atoms with Crippen molar-refractivity contribution in [1.29, 1.82) is 0 Å². The lowest BCUT2D eigenvalue weighted by Gasteiger charge is -2.00. The average molecular weight is 192 g/mol. The Hall–Kier alpha value is -1.97. The molecule has 0 amide bonds. The highest BCUT2D eigenvalue weighted by Gasteiger charge is 2.03. The first-order chi connectivity index (χ1) is 6.70. The van der Waals surface area contributed by atoms with E-state index in [1.165, 1.54) is 13.2 Å². The lowest BCUT2D eigenvalue weighted by molar-refractivity contribution is 0.411. The number of fused-ring (bicyclic) bond motifs is 1. The summed E-state index contributed by atoms with van der Waals surface area (Å²) < 4.78 is 9.82. The maximum Gasteiger partial charge on any atom is 0.378 e. The molecule has 0 radical (unpaired) electrons. The van der Waals surface area contributed by atoms with Gasteiger partial charge in [-0.1, -0.05) is 0 Å². The fourth-order valence-electron chi connectivity index (χ4n) is 1.21. The molecule has 0 aliphatic carbocycles. The van der Waals surface area contributed by atoms with Crippen LogP contribution in [0.3, 0.4) is 0 Å². The molecule has 0 saturated carbocycles. The van der Waals surface area contributed by atoms with Crippen LogP contribution in [-0.2, 0) is 0 Å². The molecular formula is C10H8O4. The molecule has 0 atom stereocenters. The summed E-state index contributed by atoms with van der Waals surface area (Å²) >= 11 is 0. The molecule has 2 rings (SSSR count). The summed E-state index contributed by atoms with van der Waals surface area (Å²) in [6.07, 6.45) is 0. The topological polar surface area (TPSA) is 59.7 Å². The van der Waals surface area contributed by atoms with Crippen molar-refractivity contribution in [3.63, 3.8) is 0 Å². The monoisotopic (exact) mass is 192 g/mol. The second-order valence-electron chi connectivity index (χ2n) is 2.82. The Balaban J connectivity index is 2.77. The number of methoxy groups -OCH3 is 1. The summed E-state index contributed by atoms with van der Waals surface area (Å²) in [6.45, 7) is 0. The predicted molar refractivity (Wildman–Crippen MR) is 50.7 cm³/mol. The maximum absolute atomic E-state index is 11.0. The van der Waals surface area contributed by atoms with Gasteiger partial charge in [0, 0.05) is 11.5 Å². The molecule has 0 bridgehead atoms. The molecule has 1 aromatic heterocycles. The van der Waals surface area contributed by atoms with E-state index in [1.54, 1.807) is 18.2 Å². The van der Waals surface area contributed by atoms with Crippen molar-refractivity contribution in [2.45, 2.75) is 0 Å². The van der Waals surface area contributed by atoms with E-state index in [1.807, 2.05) is 0 Å². The van der Waals surface area contributed by atoms with Gasteiger partial charge in [-0.25, -0.2) is 4.79 Å². The number of benzene rings is 1. The van der Waals surface area contributed by atoms with Crippen LogP contribution in [0.5, 0.6) is 11.5 Å². The SMILES string of the molecule is COc1ccc2cc(O)c(=O)oc2c1. The first-order valence-electron chi connectivity index (χ1n) is 4.01. The standard InChI is InChI=1S/C10H8O4/c1-13-7-3-2-6-4-8(11)10(12)14-9(6)5-7/h2-5,11H,1H3. The lowest BCUT2D eigenvalue weighted by atomic mass is 10.2. The number of rotatable bonds is 1. The number of hydrogen-bond donors (Lipinski definition) is 1. The van der Waals surface area contributed by atoms with E-state index in [-0.39, 0.29) is 5.75 Å². The van der Waals surface area contributed by atoms with Crippen molar-refractivity contribution < 1.29 is 14.3 Å². The van der Waals surface area contributed by atoms with Crippen molar-refractivity contribution in [2.75, 3.05) is 7.11 Å². The third-order valence-electron chi connectivity index (χ3n) is 1.92. The molecule has 0 aliphatic rings. The molecule has 4 heteroatoms. The quantitative estimate of drug-likeness (QED) is 0.695. The molecule has 0 unspecified atom stereocenters. The van der Waals surface area contributed by atoms with Crippen LogP contribution in [0.2, 0.25) is 0 Å². The predicted octanol–water partition coefficient (Wildman–Crippen LogP) is 1.51. The van der Waals surface area contributed by atoms with Crippen molar-refractivity contribution in [3.05, 3.63) is 34.7 Å². The summed E-state index contributed by atoms with van der Waals surface area (Å²) in [5.41, 5.74) is -0.349. The Morgan fingerprint density at radius 2 is 2.14 bits per heavy atom. The van der Waals surface area contributed by atoms with Gasteiger partial charge in [0.25, 0.3) is 0 Å². The van der Waals surface area contributed by atoms with Crippen molar-refractivity contribution in [2.24, 2.45) is 0 Å². The highest BCUT2D eigenvalue weighted by atomic mass is 16.5. The van der Waals surface area contributed by atoms with Gasteiger partial charge in [-0.15, -0.1) is 0 Å². The Labute approximate surface area is 79.4 Å². The third-order valence-corrected chi connectivity index (χ3v) is 1.92. The second kappa shape index (κ2) is 3.06. The minimum Gasteiger partial charge on any atom is -0.502 e. The third kappa shape index (κ3) is 1.31. The summed E-state index contributed by atoms with van der Waals surface area (Å²) in [6, 6.07) is 6.38. The van der Waals surface area contributed by atoms with Gasteiger partial charge in [0.15, 0.2) is 0 Å². The van der Waals surface area contributed by atoms with Crippen LogP contribution in [0.4, 0.5) is 0 Å². The number of ether oxygens (including phenoxy) is 1. The molecule has 1 aromatic carbocycles. The number of aromatic hydroxyl groups is 1. The highest BCUT2D eigenvalue weighted by Crippen LogP contribution is 2.21. The normalized spacial score (nSPS) is 10.4. The van der Waals surface area contributed by atoms with Crippen LogP contribution < -0.4 is 10.4 Å². The summed E-state index contributed by atoms with van der Waals surface area (Å²) in [5.74, 6) is 0.217. The van der Waals surface area contributed by atoms with Crippen LogP contribution in [0.1, 0.15) is 0 Å². The molecule has 0 saturated heterocycles. The van der Waals surface area contributed by atoms with Gasteiger partial charge in [0.1, 0.15) is 11.3 Å². The van der Waals surface area contributed by atoms with E-state index >= 15 is 0 Å².